The van der Waals surface area contributed by atoms with E-state index in [0.717, 1.165) is 25.7 Å². The first-order chi connectivity index (χ1) is 7.03. The van der Waals surface area contributed by atoms with Crippen LogP contribution in [0.2, 0.25) is 0 Å². The summed E-state index contributed by atoms with van der Waals surface area (Å²) in [5, 5.41) is 0. The first kappa shape index (κ1) is 12.8. The van der Waals surface area contributed by atoms with Gasteiger partial charge in [0.2, 0.25) is 0 Å². The molecule has 0 aromatic rings. The molecule has 2 nitrogen and oxygen atoms in total. The zero-order valence-electron chi connectivity index (χ0n) is 8.72. The van der Waals surface area contributed by atoms with E-state index < -0.39 is 12.6 Å². The number of halogens is 3. The molecule has 1 fully saturated rings. The van der Waals surface area contributed by atoms with Crippen molar-refractivity contribution < 1.29 is 17.9 Å². The lowest BCUT2D eigenvalue weighted by molar-refractivity contribution is -0.152. The highest BCUT2D eigenvalue weighted by Gasteiger charge is 2.29. The van der Waals surface area contributed by atoms with Gasteiger partial charge < -0.3 is 10.5 Å². The molecule has 1 saturated carbocycles. The van der Waals surface area contributed by atoms with Gasteiger partial charge in [-0.1, -0.05) is 12.8 Å². The second kappa shape index (κ2) is 5.70. The van der Waals surface area contributed by atoms with E-state index in [-0.39, 0.29) is 18.6 Å². The summed E-state index contributed by atoms with van der Waals surface area (Å²) in [6, 6.07) is 0. The van der Waals surface area contributed by atoms with E-state index in [1.807, 2.05) is 0 Å². The Kier molecular flexibility index (Phi) is 4.86. The average molecular weight is 225 g/mol. The predicted molar refractivity (Wildman–Crippen MR) is 51.4 cm³/mol. The topological polar surface area (TPSA) is 35.2 Å². The van der Waals surface area contributed by atoms with Crippen molar-refractivity contribution in [2.24, 2.45) is 11.7 Å². The summed E-state index contributed by atoms with van der Waals surface area (Å²) in [6.07, 6.45) is -1.07. The van der Waals surface area contributed by atoms with Crippen molar-refractivity contribution in [1.29, 1.82) is 0 Å². The molecule has 90 valence electrons. The number of ether oxygens (including phenoxy) is 1. The molecule has 1 aliphatic carbocycles. The lowest BCUT2D eigenvalue weighted by Crippen LogP contribution is -2.34. The molecule has 0 radical (unpaired) electrons. The first-order valence-corrected chi connectivity index (χ1v) is 5.41. The first-order valence-electron chi connectivity index (χ1n) is 5.41. The number of nitrogens with two attached hydrogens (primary N) is 1. The Morgan fingerprint density at radius 2 is 1.87 bits per heavy atom. The molecule has 0 aliphatic heterocycles. The molecule has 0 bridgehead atoms. The van der Waals surface area contributed by atoms with Gasteiger partial charge in [-0.05, 0) is 25.3 Å². The van der Waals surface area contributed by atoms with Crippen LogP contribution in [0.15, 0.2) is 0 Å². The summed E-state index contributed by atoms with van der Waals surface area (Å²) in [5.41, 5.74) is 5.55. The predicted octanol–water partition coefficient (Wildman–Crippen LogP) is 2.47. The van der Waals surface area contributed by atoms with E-state index in [0.29, 0.717) is 6.54 Å². The molecule has 5 heteroatoms. The normalized spacial score (nSPS) is 28.0. The molecular formula is C10H18F3NO. The third kappa shape index (κ3) is 4.84. The van der Waals surface area contributed by atoms with Gasteiger partial charge in [-0.15, -0.1) is 0 Å². The fraction of sp³-hybridized carbons (Fsp3) is 1.00. The number of rotatable bonds is 4. The smallest absolute Gasteiger partial charge is 0.378 e. The maximum atomic E-state index is 11.9. The van der Waals surface area contributed by atoms with Crippen molar-refractivity contribution in [2.45, 2.75) is 44.4 Å². The average Bonchev–Trinajstić information content (AvgIpc) is 2.16. The number of hydrogen-bond donors (Lipinski definition) is 1. The summed E-state index contributed by atoms with van der Waals surface area (Å²) in [4.78, 5) is 0. The summed E-state index contributed by atoms with van der Waals surface area (Å²) in [5.74, 6) is 0.243. The van der Waals surface area contributed by atoms with Crippen LogP contribution in [0.25, 0.3) is 0 Å². The summed E-state index contributed by atoms with van der Waals surface area (Å²) in [7, 11) is 0. The van der Waals surface area contributed by atoms with Crippen molar-refractivity contribution in [1.82, 2.24) is 0 Å². The SMILES string of the molecule is NCC1CCCCC1OCCC(F)(F)F. The van der Waals surface area contributed by atoms with E-state index >= 15 is 0 Å². The van der Waals surface area contributed by atoms with Crippen molar-refractivity contribution in [3.05, 3.63) is 0 Å². The number of hydrogen-bond acceptors (Lipinski definition) is 2. The lowest BCUT2D eigenvalue weighted by atomic mass is 9.86. The molecular weight excluding hydrogens is 207 g/mol. The van der Waals surface area contributed by atoms with Crippen molar-refractivity contribution in [3.63, 3.8) is 0 Å². The molecule has 1 rings (SSSR count). The zero-order chi connectivity index (χ0) is 11.3. The highest BCUT2D eigenvalue weighted by molar-refractivity contribution is 4.76. The van der Waals surface area contributed by atoms with Crippen LogP contribution in [0.4, 0.5) is 13.2 Å². The highest BCUT2D eigenvalue weighted by Crippen LogP contribution is 2.27. The summed E-state index contributed by atoms with van der Waals surface area (Å²) in [6.45, 7) is 0.279. The van der Waals surface area contributed by atoms with Crippen LogP contribution in [0, 0.1) is 5.92 Å². The third-order valence-electron chi connectivity index (χ3n) is 2.86. The molecule has 2 unspecified atom stereocenters. The van der Waals surface area contributed by atoms with Crippen LogP contribution < -0.4 is 5.73 Å². The quantitative estimate of drug-likeness (QED) is 0.797. The van der Waals surface area contributed by atoms with Crippen LogP contribution in [-0.4, -0.2) is 25.4 Å². The van der Waals surface area contributed by atoms with Crippen molar-refractivity contribution in [3.8, 4) is 0 Å². The van der Waals surface area contributed by atoms with Gasteiger partial charge >= 0.3 is 6.18 Å². The van der Waals surface area contributed by atoms with Crippen LogP contribution in [-0.2, 0) is 4.74 Å². The Bertz CT molecular complexity index is 184. The van der Waals surface area contributed by atoms with Crippen molar-refractivity contribution in [2.75, 3.05) is 13.2 Å². The molecule has 0 amide bonds. The highest BCUT2D eigenvalue weighted by atomic mass is 19.4. The number of alkyl halides is 3. The van der Waals surface area contributed by atoms with Gasteiger partial charge in [0.15, 0.2) is 0 Å². The second-order valence-electron chi connectivity index (χ2n) is 4.05. The minimum atomic E-state index is -4.12. The molecule has 2 N–H and O–H groups in total. The van der Waals surface area contributed by atoms with Crippen molar-refractivity contribution >= 4 is 0 Å². The Hall–Kier alpha value is -0.290. The van der Waals surface area contributed by atoms with Crippen LogP contribution in [0.5, 0.6) is 0 Å². The van der Waals surface area contributed by atoms with Gasteiger partial charge in [-0.2, -0.15) is 13.2 Å². The van der Waals surface area contributed by atoms with Crippen LogP contribution >= 0.6 is 0 Å². The standard InChI is InChI=1S/C10H18F3NO/c11-10(12,13)5-6-15-9-4-2-1-3-8(9)7-14/h8-9H,1-7,14H2. The molecule has 0 spiro atoms. The maximum absolute atomic E-state index is 11.9. The van der Waals surface area contributed by atoms with Gasteiger partial charge in [-0.25, -0.2) is 0 Å². The second-order valence-corrected chi connectivity index (χ2v) is 4.05. The molecule has 0 heterocycles. The lowest BCUT2D eigenvalue weighted by Gasteiger charge is -2.30. The molecule has 1 aliphatic rings. The fourth-order valence-corrected chi connectivity index (χ4v) is 1.99. The summed E-state index contributed by atoms with van der Waals surface area (Å²) >= 11 is 0. The van der Waals surface area contributed by atoms with E-state index in [1.54, 1.807) is 0 Å². The monoisotopic (exact) mass is 225 g/mol. The molecule has 0 aromatic carbocycles. The molecule has 0 saturated heterocycles. The van der Waals surface area contributed by atoms with Gasteiger partial charge in [0.25, 0.3) is 0 Å². The Morgan fingerprint density at radius 1 is 1.20 bits per heavy atom. The third-order valence-corrected chi connectivity index (χ3v) is 2.86. The van der Waals surface area contributed by atoms with Gasteiger partial charge in [0.1, 0.15) is 0 Å². The van der Waals surface area contributed by atoms with Gasteiger partial charge in [-0.3, -0.25) is 0 Å². The largest absolute Gasteiger partial charge is 0.391 e. The van der Waals surface area contributed by atoms with E-state index in [2.05, 4.69) is 0 Å². The van der Waals surface area contributed by atoms with Crippen LogP contribution in [0.1, 0.15) is 32.1 Å². The van der Waals surface area contributed by atoms with E-state index in [9.17, 15) is 13.2 Å². The molecule has 15 heavy (non-hydrogen) atoms. The Morgan fingerprint density at radius 3 is 2.47 bits per heavy atom. The minimum Gasteiger partial charge on any atom is -0.378 e. The van der Waals surface area contributed by atoms with E-state index in [4.69, 9.17) is 10.5 Å². The molecule has 0 aromatic heterocycles. The summed E-state index contributed by atoms with van der Waals surface area (Å²) < 4.78 is 40.9. The Labute approximate surface area is 88.0 Å². The Balaban J connectivity index is 2.23. The maximum Gasteiger partial charge on any atom is 0.391 e. The van der Waals surface area contributed by atoms with Gasteiger partial charge in [0, 0.05) is 0 Å². The molecule has 2 atom stereocenters. The van der Waals surface area contributed by atoms with Crippen LogP contribution in [0.3, 0.4) is 0 Å². The fourth-order valence-electron chi connectivity index (χ4n) is 1.99. The zero-order valence-corrected chi connectivity index (χ0v) is 8.72. The van der Waals surface area contributed by atoms with Gasteiger partial charge in [0.05, 0.1) is 19.1 Å². The van der Waals surface area contributed by atoms with E-state index in [1.165, 1.54) is 0 Å². The minimum absolute atomic E-state index is 0.0638.